The standard InChI is InChI=1S/C14H22N4O2/c1-4-6-17-9-10(15)8-11(17)12(19)18-7-5-16-13(20)14(18,2)3/h8-9H,4-7,15H2,1-3H3,(H,16,20). The van der Waals surface area contributed by atoms with Crippen LogP contribution in [-0.4, -0.2) is 39.9 Å². The minimum atomic E-state index is -0.842. The van der Waals surface area contributed by atoms with E-state index in [1.807, 2.05) is 11.5 Å². The van der Waals surface area contributed by atoms with E-state index in [9.17, 15) is 9.59 Å². The Morgan fingerprint density at radius 2 is 2.20 bits per heavy atom. The van der Waals surface area contributed by atoms with Gasteiger partial charge < -0.3 is 20.5 Å². The monoisotopic (exact) mass is 278 g/mol. The highest BCUT2D eigenvalue weighted by atomic mass is 16.2. The molecule has 6 nitrogen and oxygen atoms in total. The molecule has 0 bridgehead atoms. The summed E-state index contributed by atoms with van der Waals surface area (Å²) in [6.45, 7) is 7.29. The molecule has 1 aromatic heterocycles. The normalized spacial score (nSPS) is 17.9. The number of nitrogens with two attached hydrogens (primary N) is 1. The topological polar surface area (TPSA) is 80.4 Å². The minimum Gasteiger partial charge on any atom is -0.397 e. The Balaban J connectivity index is 2.33. The van der Waals surface area contributed by atoms with Crippen molar-refractivity contribution in [3.05, 3.63) is 18.0 Å². The Bertz CT molecular complexity index is 533. The van der Waals surface area contributed by atoms with Crippen molar-refractivity contribution in [2.45, 2.75) is 39.3 Å². The van der Waals surface area contributed by atoms with Crippen molar-refractivity contribution in [2.75, 3.05) is 18.8 Å². The molecular weight excluding hydrogens is 256 g/mol. The maximum atomic E-state index is 12.7. The lowest BCUT2D eigenvalue weighted by Gasteiger charge is -2.41. The van der Waals surface area contributed by atoms with Gasteiger partial charge in [0.2, 0.25) is 5.91 Å². The fraction of sp³-hybridized carbons (Fsp3) is 0.571. The van der Waals surface area contributed by atoms with Gasteiger partial charge in [-0.1, -0.05) is 6.92 Å². The van der Waals surface area contributed by atoms with Crippen LogP contribution in [0, 0.1) is 0 Å². The third-order valence-corrected chi connectivity index (χ3v) is 3.70. The summed E-state index contributed by atoms with van der Waals surface area (Å²) in [4.78, 5) is 26.3. The van der Waals surface area contributed by atoms with E-state index in [1.165, 1.54) is 0 Å². The first-order valence-corrected chi connectivity index (χ1v) is 6.94. The van der Waals surface area contributed by atoms with Crippen LogP contribution in [0.5, 0.6) is 0 Å². The Labute approximate surface area is 118 Å². The summed E-state index contributed by atoms with van der Waals surface area (Å²) >= 11 is 0. The lowest BCUT2D eigenvalue weighted by Crippen LogP contribution is -2.63. The van der Waals surface area contributed by atoms with Crippen molar-refractivity contribution < 1.29 is 9.59 Å². The van der Waals surface area contributed by atoms with Crippen molar-refractivity contribution in [1.29, 1.82) is 0 Å². The predicted molar refractivity (Wildman–Crippen MR) is 77.3 cm³/mol. The number of piperazine rings is 1. The number of rotatable bonds is 3. The molecule has 0 atom stereocenters. The van der Waals surface area contributed by atoms with Gasteiger partial charge in [-0.2, -0.15) is 0 Å². The van der Waals surface area contributed by atoms with Crippen LogP contribution in [0.2, 0.25) is 0 Å². The summed E-state index contributed by atoms with van der Waals surface area (Å²) in [6.07, 6.45) is 2.69. The third-order valence-electron chi connectivity index (χ3n) is 3.70. The van der Waals surface area contributed by atoms with Crippen LogP contribution in [0.1, 0.15) is 37.7 Å². The van der Waals surface area contributed by atoms with Gasteiger partial charge in [-0.15, -0.1) is 0 Å². The average molecular weight is 278 g/mol. The first-order valence-electron chi connectivity index (χ1n) is 6.94. The lowest BCUT2D eigenvalue weighted by molar-refractivity contribution is -0.133. The van der Waals surface area contributed by atoms with Gasteiger partial charge in [0.15, 0.2) is 0 Å². The Kier molecular flexibility index (Phi) is 3.74. The number of hydrogen-bond donors (Lipinski definition) is 2. The Morgan fingerprint density at radius 1 is 1.50 bits per heavy atom. The number of aryl methyl sites for hydroxylation is 1. The maximum Gasteiger partial charge on any atom is 0.271 e. The average Bonchev–Trinajstić information content (AvgIpc) is 2.73. The van der Waals surface area contributed by atoms with E-state index in [-0.39, 0.29) is 11.8 Å². The van der Waals surface area contributed by atoms with E-state index in [1.54, 1.807) is 31.0 Å². The molecule has 0 radical (unpaired) electrons. The van der Waals surface area contributed by atoms with Gasteiger partial charge in [0.25, 0.3) is 5.91 Å². The van der Waals surface area contributed by atoms with E-state index in [4.69, 9.17) is 5.73 Å². The predicted octanol–water partition coefficient (Wildman–Crippen LogP) is 0.831. The van der Waals surface area contributed by atoms with Crippen LogP contribution in [0.3, 0.4) is 0 Å². The van der Waals surface area contributed by atoms with Crippen molar-refractivity contribution in [3.63, 3.8) is 0 Å². The quantitative estimate of drug-likeness (QED) is 0.859. The maximum absolute atomic E-state index is 12.7. The number of nitrogens with one attached hydrogen (secondary N) is 1. The van der Waals surface area contributed by atoms with Crippen molar-refractivity contribution in [1.82, 2.24) is 14.8 Å². The van der Waals surface area contributed by atoms with Gasteiger partial charge in [0.1, 0.15) is 11.2 Å². The smallest absolute Gasteiger partial charge is 0.271 e. The van der Waals surface area contributed by atoms with E-state index in [0.29, 0.717) is 24.5 Å². The van der Waals surface area contributed by atoms with E-state index in [0.717, 1.165) is 13.0 Å². The first-order chi connectivity index (χ1) is 9.37. The van der Waals surface area contributed by atoms with E-state index in [2.05, 4.69) is 5.32 Å². The highest BCUT2D eigenvalue weighted by Gasteiger charge is 2.41. The summed E-state index contributed by atoms with van der Waals surface area (Å²) in [5.74, 6) is -0.270. The Morgan fingerprint density at radius 3 is 2.85 bits per heavy atom. The number of anilines is 1. The largest absolute Gasteiger partial charge is 0.397 e. The van der Waals surface area contributed by atoms with Crippen LogP contribution in [0.15, 0.2) is 12.3 Å². The second-order valence-electron chi connectivity index (χ2n) is 5.62. The van der Waals surface area contributed by atoms with E-state index < -0.39 is 5.54 Å². The molecule has 0 aromatic carbocycles. The van der Waals surface area contributed by atoms with Gasteiger partial charge in [0, 0.05) is 25.8 Å². The molecule has 0 saturated carbocycles. The molecule has 1 fully saturated rings. The summed E-state index contributed by atoms with van der Waals surface area (Å²) in [5.41, 5.74) is 6.08. The molecule has 6 heteroatoms. The summed E-state index contributed by atoms with van der Waals surface area (Å²) in [6, 6.07) is 1.68. The second kappa shape index (κ2) is 5.19. The van der Waals surface area contributed by atoms with Gasteiger partial charge in [-0.25, -0.2) is 0 Å². The van der Waals surface area contributed by atoms with E-state index >= 15 is 0 Å². The molecule has 2 rings (SSSR count). The van der Waals surface area contributed by atoms with Crippen LogP contribution in [0.25, 0.3) is 0 Å². The highest BCUT2D eigenvalue weighted by molar-refractivity contribution is 5.99. The number of nitrogens with zero attached hydrogens (tertiary/aromatic N) is 2. The molecule has 110 valence electrons. The zero-order valence-corrected chi connectivity index (χ0v) is 12.3. The minimum absolute atomic E-state index is 0.126. The molecular formula is C14H22N4O2. The number of nitrogen functional groups attached to an aromatic ring is 1. The number of amides is 2. The number of aromatic nitrogens is 1. The zero-order valence-electron chi connectivity index (χ0n) is 12.3. The first kappa shape index (κ1) is 14.4. The fourth-order valence-electron chi connectivity index (χ4n) is 2.53. The van der Waals surface area contributed by atoms with Gasteiger partial charge >= 0.3 is 0 Å². The summed E-state index contributed by atoms with van der Waals surface area (Å²) in [7, 11) is 0. The molecule has 0 spiro atoms. The van der Waals surface area contributed by atoms with Crippen LogP contribution in [0.4, 0.5) is 5.69 Å². The summed E-state index contributed by atoms with van der Waals surface area (Å²) < 4.78 is 1.86. The molecule has 2 amide bonds. The Hall–Kier alpha value is -1.98. The van der Waals surface area contributed by atoms with Crippen molar-refractivity contribution in [2.24, 2.45) is 0 Å². The number of carbonyl (C=O) groups excluding carboxylic acids is 2. The molecule has 0 aliphatic carbocycles. The molecule has 1 aliphatic rings. The fourth-order valence-corrected chi connectivity index (χ4v) is 2.53. The molecule has 20 heavy (non-hydrogen) atoms. The van der Waals surface area contributed by atoms with Crippen LogP contribution < -0.4 is 11.1 Å². The van der Waals surface area contributed by atoms with Crippen LogP contribution >= 0.6 is 0 Å². The summed E-state index contributed by atoms with van der Waals surface area (Å²) in [5, 5.41) is 2.79. The number of hydrogen-bond acceptors (Lipinski definition) is 3. The lowest BCUT2D eigenvalue weighted by atomic mass is 9.98. The molecule has 1 aromatic rings. The molecule has 1 saturated heterocycles. The molecule has 3 N–H and O–H groups in total. The van der Waals surface area contributed by atoms with Crippen molar-refractivity contribution in [3.8, 4) is 0 Å². The van der Waals surface area contributed by atoms with Crippen molar-refractivity contribution >= 4 is 17.5 Å². The highest BCUT2D eigenvalue weighted by Crippen LogP contribution is 2.22. The molecule has 2 heterocycles. The number of carbonyl (C=O) groups is 2. The molecule has 0 unspecified atom stereocenters. The third kappa shape index (κ3) is 2.37. The second-order valence-corrected chi connectivity index (χ2v) is 5.62. The van der Waals surface area contributed by atoms with Crippen LogP contribution in [-0.2, 0) is 11.3 Å². The SMILES string of the molecule is CCCn1cc(N)cc1C(=O)N1CCNC(=O)C1(C)C. The zero-order chi connectivity index (χ0) is 14.9. The van der Waals surface area contributed by atoms with Gasteiger partial charge in [0.05, 0.1) is 5.69 Å². The molecule has 1 aliphatic heterocycles. The van der Waals surface area contributed by atoms with Gasteiger partial charge in [-0.05, 0) is 26.3 Å². The van der Waals surface area contributed by atoms with Gasteiger partial charge in [-0.3, -0.25) is 9.59 Å².